The first kappa shape index (κ1) is 12.4. The normalized spacial score (nSPS) is 40.1. The van der Waals surface area contributed by atoms with E-state index in [0.29, 0.717) is 0 Å². The minimum Gasteiger partial charge on any atom is -0.314 e. The minimum absolute atomic E-state index is 0.846. The maximum atomic E-state index is 3.81. The maximum Gasteiger partial charge on any atom is 0.00698 e. The smallest absolute Gasteiger partial charge is 0.00698 e. The Morgan fingerprint density at radius 2 is 1.62 bits per heavy atom. The highest BCUT2D eigenvalue weighted by Crippen LogP contribution is 2.31. The van der Waals surface area contributed by atoms with E-state index in [2.05, 4.69) is 19.2 Å². The molecular weight excluding hydrogens is 194 g/mol. The number of rotatable bonds is 4. The van der Waals surface area contributed by atoms with E-state index in [1.807, 2.05) is 0 Å². The molecule has 0 radical (unpaired) electrons. The Labute approximate surface area is 101 Å². The van der Waals surface area contributed by atoms with Gasteiger partial charge in [-0.1, -0.05) is 33.1 Å². The number of hydrogen-bond acceptors (Lipinski definition) is 1. The van der Waals surface area contributed by atoms with Gasteiger partial charge in [-0.15, -0.1) is 0 Å². The van der Waals surface area contributed by atoms with E-state index in [-0.39, 0.29) is 0 Å². The first-order chi connectivity index (χ1) is 7.78. The van der Waals surface area contributed by atoms with E-state index in [1.165, 1.54) is 57.9 Å². The summed E-state index contributed by atoms with van der Waals surface area (Å²) in [6.07, 6.45) is 11.6. The molecule has 0 heterocycles. The number of nitrogens with one attached hydrogen (secondary N) is 1. The lowest BCUT2D eigenvalue weighted by Crippen LogP contribution is -2.33. The van der Waals surface area contributed by atoms with Crippen LogP contribution in [0.3, 0.4) is 0 Å². The third-order valence-electron chi connectivity index (χ3n) is 4.93. The van der Waals surface area contributed by atoms with Gasteiger partial charge in [0.1, 0.15) is 0 Å². The van der Waals surface area contributed by atoms with Crippen molar-refractivity contribution < 1.29 is 0 Å². The standard InChI is InChI=1S/C15H29N/c1-3-13-5-7-14(8-6-13)11-16-15-9-4-12(2)10-15/h12-16H,3-11H2,1-2H3. The summed E-state index contributed by atoms with van der Waals surface area (Å²) < 4.78 is 0. The van der Waals surface area contributed by atoms with Gasteiger partial charge in [0.25, 0.3) is 0 Å². The minimum atomic E-state index is 0.846. The van der Waals surface area contributed by atoms with Crippen molar-refractivity contribution in [2.45, 2.75) is 71.3 Å². The van der Waals surface area contributed by atoms with Gasteiger partial charge in [-0.05, 0) is 56.4 Å². The van der Waals surface area contributed by atoms with E-state index in [4.69, 9.17) is 0 Å². The first-order valence-electron chi connectivity index (χ1n) is 7.51. The molecule has 2 atom stereocenters. The second kappa shape index (κ2) is 6.05. The predicted molar refractivity (Wildman–Crippen MR) is 70.5 cm³/mol. The zero-order valence-corrected chi connectivity index (χ0v) is 11.2. The molecular formula is C15H29N. The summed E-state index contributed by atoms with van der Waals surface area (Å²) in [6, 6.07) is 0.846. The molecule has 2 aliphatic carbocycles. The van der Waals surface area contributed by atoms with E-state index in [0.717, 1.165) is 23.8 Å². The van der Waals surface area contributed by atoms with Gasteiger partial charge in [0, 0.05) is 6.04 Å². The third kappa shape index (κ3) is 3.48. The van der Waals surface area contributed by atoms with Gasteiger partial charge in [0.05, 0.1) is 0 Å². The van der Waals surface area contributed by atoms with Gasteiger partial charge in [-0.2, -0.15) is 0 Å². The van der Waals surface area contributed by atoms with Crippen LogP contribution in [0.5, 0.6) is 0 Å². The lowest BCUT2D eigenvalue weighted by molar-refractivity contribution is 0.256. The molecule has 2 aliphatic rings. The zero-order chi connectivity index (χ0) is 11.4. The van der Waals surface area contributed by atoms with Crippen LogP contribution in [-0.4, -0.2) is 12.6 Å². The van der Waals surface area contributed by atoms with Gasteiger partial charge in [-0.25, -0.2) is 0 Å². The fourth-order valence-corrected chi connectivity index (χ4v) is 3.57. The van der Waals surface area contributed by atoms with Gasteiger partial charge in [0.2, 0.25) is 0 Å². The van der Waals surface area contributed by atoms with Crippen molar-refractivity contribution in [3.63, 3.8) is 0 Å². The molecule has 2 unspecified atom stereocenters. The quantitative estimate of drug-likeness (QED) is 0.760. The van der Waals surface area contributed by atoms with Crippen LogP contribution >= 0.6 is 0 Å². The summed E-state index contributed by atoms with van der Waals surface area (Å²) in [5.74, 6) is 3.00. The molecule has 0 bridgehead atoms. The van der Waals surface area contributed by atoms with Crippen molar-refractivity contribution in [2.75, 3.05) is 6.54 Å². The predicted octanol–water partition coefficient (Wildman–Crippen LogP) is 3.98. The Morgan fingerprint density at radius 1 is 0.938 bits per heavy atom. The molecule has 1 nitrogen and oxygen atoms in total. The van der Waals surface area contributed by atoms with Crippen LogP contribution in [0.1, 0.15) is 65.2 Å². The fraction of sp³-hybridized carbons (Fsp3) is 1.00. The third-order valence-corrected chi connectivity index (χ3v) is 4.93. The highest BCUT2D eigenvalue weighted by Gasteiger charge is 2.23. The van der Waals surface area contributed by atoms with Crippen LogP contribution < -0.4 is 5.32 Å². The molecule has 0 aromatic heterocycles. The zero-order valence-electron chi connectivity index (χ0n) is 11.2. The Morgan fingerprint density at radius 3 is 2.19 bits per heavy atom. The van der Waals surface area contributed by atoms with Crippen molar-refractivity contribution in [2.24, 2.45) is 17.8 Å². The average molecular weight is 223 g/mol. The van der Waals surface area contributed by atoms with Crippen LogP contribution in [0.2, 0.25) is 0 Å². The molecule has 0 saturated heterocycles. The molecule has 2 saturated carbocycles. The summed E-state index contributed by atoms with van der Waals surface area (Å²) in [4.78, 5) is 0. The largest absolute Gasteiger partial charge is 0.314 e. The summed E-state index contributed by atoms with van der Waals surface area (Å²) >= 11 is 0. The van der Waals surface area contributed by atoms with Crippen molar-refractivity contribution in [3.05, 3.63) is 0 Å². The van der Waals surface area contributed by atoms with Crippen molar-refractivity contribution in [1.29, 1.82) is 0 Å². The van der Waals surface area contributed by atoms with E-state index in [1.54, 1.807) is 0 Å². The molecule has 1 heteroatoms. The Kier molecular flexibility index (Phi) is 4.69. The van der Waals surface area contributed by atoms with E-state index < -0.39 is 0 Å². The highest BCUT2D eigenvalue weighted by atomic mass is 14.9. The van der Waals surface area contributed by atoms with Crippen LogP contribution in [0, 0.1) is 17.8 Å². The lowest BCUT2D eigenvalue weighted by Gasteiger charge is -2.29. The van der Waals surface area contributed by atoms with Crippen molar-refractivity contribution >= 4 is 0 Å². The maximum absolute atomic E-state index is 3.81. The summed E-state index contributed by atoms with van der Waals surface area (Å²) in [5, 5.41) is 3.81. The fourth-order valence-electron chi connectivity index (χ4n) is 3.57. The van der Waals surface area contributed by atoms with Crippen LogP contribution in [-0.2, 0) is 0 Å². The summed E-state index contributed by atoms with van der Waals surface area (Å²) in [6.45, 7) is 6.05. The SMILES string of the molecule is CCC1CCC(CNC2CCC(C)C2)CC1. The van der Waals surface area contributed by atoms with Crippen LogP contribution in [0.4, 0.5) is 0 Å². The van der Waals surface area contributed by atoms with E-state index >= 15 is 0 Å². The van der Waals surface area contributed by atoms with Gasteiger partial charge in [0.15, 0.2) is 0 Å². The van der Waals surface area contributed by atoms with Crippen LogP contribution in [0.25, 0.3) is 0 Å². The lowest BCUT2D eigenvalue weighted by atomic mass is 9.81. The van der Waals surface area contributed by atoms with E-state index in [9.17, 15) is 0 Å². The molecule has 0 aromatic carbocycles. The van der Waals surface area contributed by atoms with Gasteiger partial charge >= 0.3 is 0 Å². The molecule has 0 amide bonds. The van der Waals surface area contributed by atoms with Crippen molar-refractivity contribution in [3.8, 4) is 0 Å². The second-order valence-corrected chi connectivity index (χ2v) is 6.32. The number of hydrogen-bond donors (Lipinski definition) is 1. The molecule has 0 aromatic rings. The second-order valence-electron chi connectivity index (χ2n) is 6.32. The highest BCUT2D eigenvalue weighted by molar-refractivity contribution is 4.80. The van der Waals surface area contributed by atoms with Gasteiger partial charge < -0.3 is 5.32 Å². The summed E-state index contributed by atoms with van der Waals surface area (Å²) in [7, 11) is 0. The Balaban J connectivity index is 1.60. The Bertz CT molecular complexity index is 194. The topological polar surface area (TPSA) is 12.0 Å². The Hall–Kier alpha value is -0.0400. The monoisotopic (exact) mass is 223 g/mol. The molecule has 2 rings (SSSR count). The molecule has 2 fully saturated rings. The van der Waals surface area contributed by atoms with Crippen molar-refractivity contribution in [1.82, 2.24) is 5.32 Å². The van der Waals surface area contributed by atoms with Crippen LogP contribution in [0.15, 0.2) is 0 Å². The first-order valence-corrected chi connectivity index (χ1v) is 7.51. The molecule has 0 spiro atoms. The molecule has 16 heavy (non-hydrogen) atoms. The molecule has 1 N–H and O–H groups in total. The van der Waals surface area contributed by atoms with Gasteiger partial charge in [-0.3, -0.25) is 0 Å². The molecule has 0 aliphatic heterocycles. The molecule has 94 valence electrons. The average Bonchev–Trinajstić information content (AvgIpc) is 2.73. The summed E-state index contributed by atoms with van der Waals surface area (Å²) in [5.41, 5.74) is 0.